The van der Waals surface area contributed by atoms with Crippen LogP contribution in [0.3, 0.4) is 0 Å². The summed E-state index contributed by atoms with van der Waals surface area (Å²) >= 11 is 3.58. The average Bonchev–Trinajstić information content (AvgIpc) is 3.25. The van der Waals surface area contributed by atoms with Gasteiger partial charge < -0.3 is 4.74 Å². The van der Waals surface area contributed by atoms with Crippen molar-refractivity contribution in [1.29, 1.82) is 0 Å². The quantitative estimate of drug-likeness (QED) is 0.640. The minimum Gasteiger partial charge on any atom is -0.497 e. The van der Waals surface area contributed by atoms with E-state index in [2.05, 4.69) is 34.1 Å². The van der Waals surface area contributed by atoms with Crippen molar-refractivity contribution < 1.29 is 9.53 Å². The predicted molar refractivity (Wildman–Crippen MR) is 102 cm³/mol. The monoisotopic (exact) mass is 394 g/mol. The molecule has 3 heteroatoms. The lowest BCUT2D eigenvalue weighted by Gasteiger charge is -2.37. The lowest BCUT2D eigenvalue weighted by molar-refractivity contribution is 0.105. The Morgan fingerprint density at radius 3 is 2.56 bits per heavy atom. The van der Waals surface area contributed by atoms with Crippen molar-refractivity contribution in [1.82, 2.24) is 0 Å². The molecule has 3 aliphatic rings. The van der Waals surface area contributed by atoms with E-state index in [9.17, 15) is 4.79 Å². The number of rotatable bonds is 1. The molecule has 0 radical (unpaired) electrons. The van der Waals surface area contributed by atoms with Crippen LogP contribution in [0.2, 0.25) is 0 Å². The second kappa shape index (κ2) is 5.31. The van der Waals surface area contributed by atoms with Crippen LogP contribution in [0, 0.1) is 0 Å². The van der Waals surface area contributed by atoms with Crippen LogP contribution in [0.5, 0.6) is 5.75 Å². The Hall–Kier alpha value is -1.87. The number of ether oxygens (including phenoxy) is 1. The highest BCUT2D eigenvalue weighted by molar-refractivity contribution is 9.10. The van der Waals surface area contributed by atoms with Crippen molar-refractivity contribution in [2.75, 3.05) is 7.11 Å². The molecular formula is C22H19BrO2. The summed E-state index contributed by atoms with van der Waals surface area (Å²) in [7, 11) is 1.70. The van der Waals surface area contributed by atoms with Crippen molar-refractivity contribution in [2.24, 2.45) is 0 Å². The zero-order chi connectivity index (χ0) is 17.2. The third kappa shape index (κ3) is 1.99. The molecule has 2 aromatic rings. The van der Waals surface area contributed by atoms with Crippen LogP contribution in [0.1, 0.15) is 52.7 Å². The Morgan fingerprint density at radius 2 is 1.80 bits per heavy atom. The number of benzene rings is 2. The van der Waals surface area contributed by atoms with Crippen molar-refractivity contribution in [3.63, 3.8) is 0 Å². The molecule has 0 aliphatic heterocycles. The van der Waals surface area contributed by atoms with Gasteiger partial charge in [0.2, 0.25) is 0 Å². The minimum atomic E-state index is 0.0125. The number of allylic oxidation sites excluding steroid dienone is 2. The summed E-state index contributed by atoms with van der Waals surface area (Å²) in [6.45, 7) is 0. The van der Waals surface area contributed by atoms with E-state index in [4.69, 9.17) is 4.74 Å². The molecule has 0 heterocycles. The van der Waals surface area contributed by atoms with Gasteiger partial charge in [-0.05, 0) is 71.9 Å². The van der Waals surface area contributed by atoms with Gasteiger partial charge in [0.25, 0.3) is 0 Å². The number of hydrogen-bond donors (Lipinski definition) is 0. The number of carbonyl (C=O) groups is 1. The van der Waals surface area contributed by atoms with Gasteiger partial charge in [0, 0.05) is 21.0 Å². The van der Waals surface area contributed by atoms with Gasteiger partial charge in [0.1, 0.15) is 5.75 Å². The van der Waals surface area contributed by atoms with Crippen LogP contribution in [-0.2, 0) is 11.8 Å². The first kappa shape index (κ1) is 15.4. The second-order valence-electron chi connectivity index (χ2n) is 7.36. The molecule has 1 saturated carbocycles. The number of ketones is 1. The Balaban J connectivity index is 1.78. The van der Waals surface area contributed by atoms with Gasteiger partial charge in [-0.3, -0.25) is 4.79 Å². The maximum atomic E-state index is 13.4. The average molecular weight is 395 g/mol. The molecule has 0 unspecified atom stereocenters. The minimum absolute atomic E-state index is 0.0125. The summed E-state index contributed by atoms with van der Waals surface area (Å²) < 4.78 is 6.56. The highest BCUT2D eigenvalue weighted by Crippen LogP contribution is 2.57. The fourth-order valence-electron chi connectivity index (χ4n) is 5.15. The first-order chi connectivity index (χ1) is 12.1. The molecule has 0 amide bonds. The molecule has 0 atom stereocenters. The van der Waals surface area contributed by atoms with Gasteiger partial charge in [0.15, 0.2) is 5.78 Å². The number of carbonyl (C=O) groups excluding carboxylic acids is 1. The zero-order valence-electron chi connectivity index (χ0n) is 14.2. The largest absolute Gasteiger partial charge is 0.497 e. The van der Waals surface area contributed by atoms with Gasteiger partial charge in [-0.1, -0.05) is 34.8 Å². The van der Waals surface area contributed by atoms with Crippen LogP contribution in [0.4, 0.5) is 0 Å². The Bertz CT molecular complexity index is 948. The van der Waals surface area contributed by atoms with Crippen molar-refractivity contribution in [3.8, 4) is 5.75 Å². The van der Waals surface area contributed by atoms with Crippen LogP contribution >= 0.6 is 15.9 Å². The SMILES string of the molecule is COc1ccc2c(c1)C1(CCCC1)C1=C(C2=O)c2ccc(Br)cc2C1. The number of hydrogen-bond acceptors (Lipinski definition) is 2. The summed E-state index contributed by atoms with van der Waals surface area (Å²) in [6.07, 6.45) is 5.61. The zero-order valence-corrected chi connectivity index (χ0v) is 15.8. The molecule has 1 fully saturated rings. The van der Waals surface area contributed by atoms with E-state index in [1.165, 1.54) is 29.5 Å². The summed E-state index contributed by atoms with van der Waals surface area (Å²) in [5.41, 5.74) is 6.82. The van der Waals surface area contributed by atoms with E-state index in [0.717, 1.165) is 46.2 Å². The highest BCUT2D eigenvalue weighted by Gasteiger charge is 2.49. The van der Waals surface area contributed by atoms with E-state index < -0.39 is 0 Å². The summed E-state index contributed by atoms with van der Waals surface area (Å²) in [5, 5.41) is 0. The molecule has 1 spiro atoms. The molecule has 0 bridgehead atoms. The Labute approximate surface area is 156 Å². The topological polar surface area (TPSA) is 26.3 Å². The molecule has 3 aliphatic carbocycles. The van der Waals surface area contributed by atoms with Crippen LogP contribution in [0.15, 0.2) is 46.4 Å². The van der Waals surface area contributed by atoms with E-state index in [0.29, 0.717) is 0 Å². The fourth-order valence-corrected chi connectivity index (χ4v) is 5.56. The lowest BCUT2D eigenvalue weighted by atomic mass is 9.65. The van der Waals surface area contributed by atoms with Gasteiger partial charge in [-0.15, -0.1) is 0 Å². The number of methoxy groups -OCH3 is 1. The molecular weight excluding hydrogens is 376 g/mol. The molecule has 0 N–H and O–H groups in total. The standard InChI is InChI=1S/C22H19BrO2/c1-25-15-5-7-17-18(12-15)22(8-2-3-9-22)19-11-13-10-14(23)4-6-16(13)20(19)21(17)24/h4-7,10,12H,2-3,8-9,11H2,1H3. The Kier molecular flexibility index (Phi) is 3.27. The molecule has 0 aromatic heterocycles. The molecule has 0 saturated heterocycles. The number of halogens is 1. The predicted octanol–water partition coefficient (Wildman–Crippen LogP) is 5.48. The van der Waals surface area contributed by atoms with Crippen LogP contribution < -0.4 is 4.74 Å². The third-order valence-electron chi connectivity index (χ3n) is 6.25. The van der Waals surface area contributed by atoms with Crippen molar-refractivity contribution in [2.45, 2.75) is 37.5 Å². The smallest absolute Gasteiger partial charge is 0.193 e. The normalized spacial score (nSPS) is 19.8. The van der Waals surface area contributed by atoms with Gasteiger partial charge >= 0.3 is 0 Å². The third-order valence-corrected chi connectivity index (χ3v) is 6.75. The van der Waals surface area contributed by atoms with Crippen LogP contribution in [0.25, 0.3) is 5.57 Å². The van der Waals surface area contributed by atoms with Crippen LogP contribution in [-0.4, -0.2) is 12.9 Å². The van der Waals surface area contributed by atoms with Crippen molar-refractivity contribution >= 4 is 27.3 Å². The molecule has 126 valence electrons. The molecule has 5 rings (SSSR count). The van der Waals surface area contributed by atoms with E-state index in [1.807, 2.05) is 18.2 Å². The summed E-state index contributed by atoms with van der Waals surface area (Å²) in [5.74, 6) is 1.03. The summed E-state index contributed by atoms with van der Waals surface area (Å²) in [6, 6.07) is 12.3. The first-order valence-corrected chi connectivity index (χ1v) is 9.69. The number of fused-ring (bicyclic) bond motifs is 5. The van der Waals surface area contributed by atoms with E-state index >= 15 is 0 Å². The van der Waals surface area contributed by atoms with Crippen molar-refractivity contribution in [3.05, 3.63) is 68.7 Å². The van der Waals surface area contributed by atoms with E-state index in [1.54, 1.807) is 7.11 Å². The first-order valence-electron chi connectivity index (χ1n) is 8.90. The molecule has 2 nitrogen and oxygen atoms in total. The second-order valence-corrected chi connectivity index (χ2v) is 8.28. The molecule has 25 heavy (non-hydrogen) atoms. The number of Topliss-reactive ketones (excluding diaryl/α,β-unsaturated/α-hetero) is 1. The van der Waals surface area contributed by atoms with Gasteiger partial charge in [0.05, 0.1) is 7.11 Å². The molecule has 2 aromatic carbocycles. The maximum absolute atomic E-state index is 13.4. The summed E-state index contributed by atoms with van der Waals surface area (Å²) in [4.78, 5) is 13.4. The van der Waals surface area contributed by atoms with E-state index in [-0.39, 0.29) is 11.2 Å². The Morgan fingerprint density at radius 1 is 1.04 bits per heavy atom. The lowest BCUT2D eigenvalue weighted by Crippen LogP contribution is -2.33. The fraction of sp³-hybridized carbons (Fsp3) is 0.318. The maximum Gasteiger partial charge on any atom is 0.193 e. The van der Waals surface area contributed by atoms with Gasteiger partial charge in [-0.2, -0.15) is 0 Å². The van der Waals surface area contributed by atoms with Gasteiger partial charge in [-0.25, -0.2) is 0 Å². The highest BCUT2D eigenvalue weighted by atomic mass is 79.9.